The molecule has 0 fully saturated rings. The molecule has 13 heteroatoms. The summed E-state index contributed by atoms with van der Waals surface area (Å²) in [5.74, 6) is -0.588. The molecule has 0 spiro atoms. The van der Waals surface area contributed by atoms with Crippen molar-refractivity contribution in [2.75, 3.05) is 12.3 Å². The number of nitrogens with zero attached hydrogens (tertiary/aromatic N) is 4. The Morgan fingerprint density at radius 1 is 1.25 bits per heavy atom. The van der Waals surface area contributed by atoms with Crippen LogP contribution in [0.1, 0.15) is 33.2 Å². The van der Waals surface area contributed by atoms with Crippen molar-refractivity contribution in [2.45, 2.75) is 45.4 Å². The third-order valence-electron chi connectivity index (χ3n) is 5.41. The highest BCUT2D eigenvalue weighted by Crippen LogP contribution is 2.46. The molecule has 0 amide bonds. The number of fused-ring (bicyclic) bond motifs is 1. The summed E-state index contributed by atoms with van der Waals surface area (Å²) in [4.78, 5) is 24.3. The molecule has 2 aromatic heterocycles. The zero-order valence-electron chi connectivity index (χ0n) is 20.1. The second kappa shape index (κ2) is 10.7. The lowest BCUT2D eigenvalue weighted by atomic mass is 10.1. The van der Waals surface area contributed by atoms with Gasteiger partial charge in [-0.3, -0.25) is 9.32 Å². The Bertz CT molecular complexity index is 1300. The smallest absolute Gasteiger partial charge is 0.459 e. The number of imidazole rings is 1. The largest absolute Gasteiger partial charge is 0.480 e. The molecule has 1 aromatic carbocycles. The molecular formula is C23H29N6O6P. The highest BCUT2D eigenvalue weighted by atomic mass is 31.2. The Hall–Kier alpha value is -3.47. The van der Waals surface area contributed by atoms with Gasteiger partial charge in [-0.1, -0.05) is 30.4 Å². The van der Waals surface area contributed by atoms with Gasteiger partial charge in [0.2, 0.25) is 11.8 Å². The van der Waals surface area contributed by atoms with Crippen molar-refractivity contribution >= 4 is 30.8 Å². The molecular weight excluding hydrogens is 487 g/mol. The lowest BCUT2D eigenvalue weighted by Gasteiger charge is -2.23. The van der Waals surface area contributed by atoms with Crippen LogP contribution in [0.4, 0.5) is 5.95 Å². The van der Waals surface area contributed by atoms with Gasteiger partial charge in [-0.25, -0.2) is 9.55 Å². The van der Waals surface area contributed by atoms with Crippen LogP contribution in [0.5, 0.6) is 11.6 Å². The van der Waals surface area contributed by atoms with E-state index in [2.05, 4.69) is 20.0 Å². The Balaban J connectivity index is 1.47. The van der Waals surface area contributed by atoms with E-state index < -0.39 is 19.8 Å². The van der Waals surface area contributed by atoms with Crippen molar-refractivity contribution in [3.05, 3.63) is 48.8 Å². The minimum atomic E-state index is -3.99. The van der Waals surface area contributed by atoms with Crippen LogP contribution in [0.15, 0.2) is 48.8 Å². The van der Waals surface area contributed by atoms with E-state index >= 15 is 0 Å². The number of benzene rings is 1. The molecule has 0 saturated heterocycles. The number of carbonyl (C=O) groups is 1. The van der Waals surface area contributed by atoms with E-state index in [1.165, 1.54) is 6.92 Å². The average molecular weight is 516 g/mol. The Morgan fingerprint density at radius 2 is 2.00 bits per heavy atom. The standard InChI is InChI=1S/C23H29N6O6P/c1-14(2)34-21-19-20(26-23(24)27-21)29(13-25-19)17-10-9-16(11-17)12-33-36(32,28-15(3)22(30)31)35-18-7-5-4-6-8-18/h4-10,13-17H,11-12H2,1-3H3,(H,28,32)(H,30,31)(H2,24,26,27)/t15?,16-,17+,36-/m1/s1. The van der Waals surface area contributed by atoms with Gasteiger partial charge in [0.15, 0.2) is 11.2 Å². The maximum absolute atomic E-state index is 13.4. The van der Waals surface area contributed by atoms with Crippen molar-refractivity contribution in [3.63, 3.8) is 0 Å². The van der Waals surface area contributed by atoms with Gasteiger partial charge in [0.1, 0.15) is 11.8 Å². The van der Waals surface area contributed by atoms with Crippen molar-refractivity contribution in [2.24, 2.45) is 5.92 Å². The molecule has 4 rings (SSSR count). The van der Waals surface area contributed by atoms with Crippen LogP contribution < -0.4 is 20.1 Å². The second-order valence-electron chi connectivity index (χ2n) is 8.71. The molecule has 0 radical (unpaired) electrons. The normalized spacial score (nSPS) is 19.9. The first-order chi connectivity index (χ1) is 17.1. The van der Waals surface area contributed by atoms with Crippen molar-refractivity contribution in [1.82, 2.24) is 24.6 Å². The van der Waals surface area contributed by atoms with Crippen molar-refractivity contribution in [3.8, 4) is 11.6 Å². The quantitative estimate of drug-likeness (QED) is 0.252. The van der Waals surface area contributed by atoms with E-state index in [1.807, 2.05) is 30.6 Å². The van der Waals surface area contributed by atoms with E-state index in [9.17, 15) is 14.5 Å². The van der Waals surface area contributed by atoms with E-state index in [1.54, 1.807) is 36.7 Å². The first-order valence-corrected chi connectivity index (χ1v) is 13.0. The highest BCUT2D eigenvalue weighted by Gasteiger charge is 2.33. The van der Waals surface area contributed by atoms with Gasteiger partial charge in [0.05, 0.1) is 25.1 Å². The molecule has 36 heavy (non-hydrogen) atoms. The van der Waals surface area contributed by atoms with Crippen LogP contribution in [-0.4, -0.2) is 49.3 Å². The first kappa shape index (κ1) is 25.6. The molecule has 4 atom stereocenters. The lowest BCUT2D eigenvalue weighted by molar-refractivity contribution is -0.138. The molecule has 3 aromatic rings. The summed E-state index contributed by atoms with van der Waals surface area (Å²) in [5, 5.41) is 11.7. The van der Waals surface area contributed by atoms with Crippen LogP contribution in [0.3, 0.4) is 0 Å². The van der Waals surface area contributed by atoms with E-state index in [4.69, 9.17) is 19.5 Å². The van der Waals surface area contributed by atoms with Crippen LogP contribution >= 0.6 is 7.75 Å². The summed E-state index contributed by atoms with van der Waals surface area (Å²) in [7, 11) is -3.99. The number of nitrogens with two attached hydrogens (primary N) is 1. The zero-order chi connectivity index (χ0) is 25.9. The molecule has 12 nitrogen and oxygen atoms in total. The van der Waals surface area contributed by atoms with Crippen molar-refractivity contribution < 1.29 is 28.3 Å². The topological polar surface area (TPSA) is 164 Å². The van der Waals surface area contributed by atoms with Gasteiger partial charge in [0.25, 0.3) is 0 Å². The highest BCUT2D eigenvalue weighted by molar-refractivity contribution is 7.52. The number of nitrogens with one attached hydrogen (secondary N) is 1. The molecule has 0 aliphatic heterocycles. The minimum Gasteiger partial charge on any atom is -0.480 e. The fourth-order valence-corrected chi connectivity index (χ4v) is 5.29. The second-order valence-corrected chi connectivity index (χ2v) is 10.4. The molecule has 0 bridgehead atoms. The summed E-state index contributed by atoms with van der Waals surface area (Å²) < 4.78 is 32.3. The number of nitrogen functional groups attached to an aromatic ring is 1. The summed E-state index contributed by atoms with van der Waals surface area (Å²) in [6.07, 6.45) is 6.08. The van der Waals surface area contributed by atoms with Crippen molar-refractivity contribution in [1.29, 1.82) is 0 Å². The van der Waals surface area contributed by atoms with Crippen LogP contribution in [-0.2, 0) is 13.9 Å². The van der Waals surface area contributed by atoms with Gasteiger partial charge in [-0.05, 0) is 39.3 Å². The third-order valence-corrected chi connectivity index (χ3v) is 7.05. The Kier molecular flexibility index (Phi) is 7.58. The number of carboxylic acids is 1. The predicted octanol–water partition coefficient (Wildman–Crippen LogP) is 3.58. The molecule has 1 unspecified atom stereocenters. The number of hydrogen-bond donors (Lipinski definition) is 3. The van der Waals surface area contributed by atoms with Crippen LogP contribution in [0.25, 0.3) is 11.2 Å². The maximum atomic E-state index is 13.4. The minimum absolute atomic E-state index is 0.0436. The number of ether oxygens (including phenoxy) is 1. The zero-order valence-corrected chi connectivity index (χ0v) is 21.0. The van der Waals surface area contributed by atoms with Gasteiger partial charge in [-0.15, -0.1) is 0 Å². The monoisotopic (exact) mass is 516 g/mol. The molecule has 0 saturated carbocycles. The number of anilines is 1. The van der Waals surface area contributed by atoms with Crippen LogP contribution in [0.2, 0.25) is 0 Å². The van der Waals surface area contributed by atoms with Gasteiger partial charge in [-0.2, -0.15) is 15.1 Å². The predicted molar refractivity (Wildman–Crippen MR) is 133 cm³/mol. The fraction of sp³-hybridized carbons (Fsp3) is 0.391. The number of aromatic nitrogens is 4. The van der Waals surface area contributed by atoms with Gasteiger partial charge < -0.3 is 24.7 Å². The number of hydrogen-bond acceptors (Lipinski definition) is 9. The first-order valence-electron chi connectivity index (χ1n) is 11.5. The summed E-state index contributed by atoms with van der Waals surface area (Å²) in [5.41, 5.74) is 6.96. The molecule has 1 aliphatic rings. The molecule has 4 N–H and O–H groups in total. The van der Waals surface area contributed by atoms with Crippen LogP contribution in [0, 0.1) is 5.92 Å². The van der Waals surface area contributed by atoms with Gasteiger partial charge >= 0.3 is 13.7 Å². The lowest BCUT2D eigenvalue weighted by Crippen LogP contribution is -2.33. The number of aliphatic carboxylic acids is 1. The number of para-hydroxylation sites is 1. The molecule has 1 aliphatic carbocycles. The van der Waals surface area contributed by atoms with E-state index in [-0.39, 0.29) is 30.6 Å². The number of carboxylic acid groups (broad SMARTS) is 1. The van der Waals surface area contributed by atoms with E-state index in [0.717, 1.165) is 0 Å². The van der Waals surface area contributed by atoms with Gasteiger partial charge in [0, 0.05) is 5.92 Å². The third kappa shape index (κ3) is 6.01. The fourth-order valence-electron chi connectivity index (χ4n) is 3.73. The molecule has 192 valence electrons. The van der Waals surface area contributed by atoms with E-state index in [0.29, 0.717) is 29.2 Å². The Labute approximate surface area is 208 Å². The number of allylic oxidation sites excluding steroid dienone is 1. The Morgan fingerprint density at radius 3 is 2.69 bits per heavy atom. The SMILES string of the molecule is CC(C)Oc1nc(N)nc2c1ncn2[C@H]1C=C[C@@H](CO[P@](=O)(NC(C)C(=O)O)Oc2ccccc2)C1. The summed E-state index contributed by atoms with van der Waals surface area (Å²) >= 11 is 0. The maximum Gasteiger partial charge on any atom is 0.459 e. The average Bonchev–Trinajstić information content (AvgIpc) is 3.45. The molecule has 2 heterocycles. The summed E-state index contributed by atoms with van der Waals surface area (Å²) in [6, 6.07) is 7.20. The number of rotatable bonds is 11. The summed E-state index contributed by atoms with van der Waals surface area (Å²) in [6.45, 7) is 5.19.